The third-order valence-corrected chi connectivity index (χ3v) is 4.87. The number of nitrogens with zero attached hydrogens (tertiary/aromatic N) is 4. The van der Waals surface area contributed by atoms with Gasteiger partial charge in [0.2, 0.25) is 5.88 Å². The third-order valence-electron chi connectivity index (χ3n) is 4.87. The molecule has 1 unspecified atom stereocenters. The minimum absolute atomic E-state index is 0.00804. The van der Waals surface area contributed by atoms with E-state index in [0.29, 0.717) is 35.7 Å². The SMILES string of the molecule is COc1ccc(-c2cc(C)n3ncc(C(=O)NC(C4CC4)C(F)(F)F)c3n2)cn1. The number of alkyl halides is 3. The van der Waals surface area contributed by atoms with Gasteiger partial charge in [-0.3, -0.25) is 4.79 Å². The van der Waals surface area contributed by atoms with E-state index in [2.05, 4.69) is 20.4 Å². The van der Waals surface area contributed by atoms with E-state index in [1.165, 1.54) is 17.8 Å². The van der Waals surface area contributed by atoms with Crippen molar-refractivity contribution in [3.8, 4) is 17.1 Å². The first kappa shape index (κ1) is 19.2. The van der Waals surface area contributed by atoms with Gasteiger partial charge in [0.25, 0.3) is 5.91 Å². The first-order valence-corrected chi connectivity index (χ1v) is 9.01. The van der Waals surface area contributed by atoms with Gasteiger partial charge in [0.15, 0.2) is 5.65 Å². The van der Waals surface area contributed by atoms with Crippen LogP contribution >= 0.6 is 0 Å². The number of hydrogen-bond donors (Lipinski definition) is 1. The van der Waals surface area contributed by atoms with Crippen LogP contribution in [0.15, 0.2) is 30.6 Å². The summed E-state index contributed by atoms with van der Waals surface area (Å²) in [4.78, 5) is 21.2. The summed E-state index contributed by atoms with van der Waals surface area (Å²) in [5.41, 5.74) is 2.05. The summed E-state index contributed by atoms with van der Waals surface area (Å²) < 4.78 is 46.3. The first-order chi connectivity index (χ1) is 13.8. The van der Waals surface area contributed by atoms with E-state index in [9.17, 15) is 18.0 Å². The maximum Gasteiger partial charge on any atom is 0.408 e. The van der Waals surface area contributed by atoms with Gasteiger partial charge in [0.1, 0.15) is 11.6 Å². The lowest BCUT2D eigenvalue weighted by Crippen LogP contribution is -2.46. The molecule has 1 fully saturated rings. The largest absolute Gasteiger partial charge is 0.481 e. The lowest BCUT2D eigenvalue weighted by molar-refractivity contribution is -0.158. The second-order valence-electron chi connectivity index (χ2n) is 7.00. The molecule has 1 amide bonds. The van der Waals surface area contributed by atoms with Crippen LogP contribution in [0.4, 0.5) is 13.2 Å². The highest BCUT2D eigenvalue weighted by molar-refractivity contribution is 6.00. The molecule has 0 radical (unpaired) electrons. The average Bonchev–Trinajstić information content (AvgIpc) is 3.42. The maximum atomic E-state index is 13.3. The molecular weight excluding hydrogens is 387 g/mol. The molecule has 1 atom stereocenters. The minimum atomic E-state index is -4.50. The second-order valence-corrected chi connectivity index (χ2v) is 7.00. The number of carbonyl (C=O) groups is 1. The van der Waals surface area contributed by atoms with E-state index in [1.807, 2.05) is 0 Å². The number of amides is 1. The molecule has 1 N–H and O–H groups in total. The summed E-state index contributed by atoms with van der Waals surface area (Å²) in [5.74, 6) is -0.975. The van der Waals surface area contributed by atoms with Crippen molar-refractivity contribution in [2.24, 2.45) is 5.92 Å². The van der Waals surface area contributed by atoms with Crippen LogP contribution in [0.5, 0.6) is 5.88 Å². The van der Waals surface area contributed by atoms with E-state index >= 15 is 0 Å². The molecule has 0 spiro atoms. The molecule has 1 saturated carbocycles. The number of aromatic nitrogens is 4. The first-order valence-electron chi connectivity index (χ1n) is 9.01. The average molecular weight is 405 g/mol. The molecule has 3 aromatic heterocycles. The molecule has 0 aliphatic heterocycles. The predicted octanol–water partition coefficient (Wildman–Crippen LogP) is 3.18. The Hall–Kier alpha value is -3.17. The van der Waals surface area contributed by atoms with Crippen LogP contribution in [0.25, 0.3) is 16.9 Å². The molecule has 3 aromatic rings. The summed E-state index contributed by atoms with van der Waals surface area (Å²) >= 11 is 0. The molecule has 0 bridgehead atoms. The minimum Gasteiger partial charge on any atom is -0.481 e. The molecule has 29 heavy (non-hydrogen) atoms. The van der Waals surface area contributed by atoms with Gasteiger partial charge in [0.05, 0.1) is 19.0 Å². The fourth-order valence-corrected chi connectivity index (χ4v) is 3.19. The number of fused-ring (bicyclic) bond motifs is 1. The number of rotatable bonds is 5. The molecule has 152 valence electrons. The number of methoxy groups -OCH3 is 1. The summed E-state index contributed by atoms with van der Waals surface area (Å²) in [6, 6.07) is 3.32. The fraction of sp³-hybridized carbons (Fsp3) is 0.368. The summed E-state index contributed by atoms with van der Waals surface area (Å²) in [6.45, 7) is 1.77. The van der Waals surface area contributed by atoms with Crippen molar-refractivity contribution in [2.75, 3.05) is 7.11 Å². The number of carbonyl (C=O) groups excluding carboxylic acids is 1. The smallest absolute Gasteiger partial charge is 0.408 e. The second kappa shape index (κ2) is 7.02. The van der Waals surface area contributed by atoms with Crippen molar-refractivity contribution in [1.82, 2.24) is 24.9 Å². The molecule has 7 nitrogen and oxygen atoms in total. The Morgan fingerprint density at radius 3 is 2.66 bits per heavy atom. The highest BCUT2D eigenvalue weighted by Crippen LogP contribution is 2.40. The third kappa shape index (κ3) is 3.74. The van der Waals surface area contributed by atoms with Crippen molar-refractivity contribution in [3.05, 3.63) is 41.9 Å². The van der Waals surface area contributed by atoms with Gasteiger partial charge in [-0.1, -0.05) is 0 Å². The van der Waals surface area contributed by atoms with E-state index in [1.54, 1.807) is 31.3 Å². The maximum absolute atomic E-state index is 13.3. The Morgan fingerprint density at radius 2 is 2.07 bits per heavy atom. The van der Waals surface area contributed by atoms with Gasteiger partial charge in [-0.2, -0.15) is 18.3 Å². The molecular formula is C19H18F3N5O2. The van der Waals surface area contributed by atoms with Gasteiger partial charge in [-0.15, -0.1) is 0 Å². The van der Waals surface area contributed by atoms with Gasteiger partial charge >= 0.3 is 6.18 Å². The molecule has 0 aromatic carbocycles. The zero-order valence-electron chi connectivity index (χ0n) is 15.7. The zero-order chi connectivity index (χ0) is 20.8. The number of aryl methyl sites for hydroxylation is 1. The molecule has 1 aliphatic rings. The van der Waals surface area contributed by atoms with Gasteiger partial charge in [-0.25, -0.2) is 14.5 Å². The van der Waals surface area contributed by atoms with Crippen LogP contribution in [-0.2, 0) is 0 Å². The van der Waals surface area contributed by atoms with E-state index in [0.717, 1.165) is 0 Å². The van der Waals surface area contributed by atoms with Crippen molar-refractivity contribution < 1.29 is 22.7 Å². The van der Waals surface area contributed by atoms with Crippen LogP contribution in [-0.4, -0.2) is 44.8 Å². The topological polar surface area (TPSA) is 81.4 Å². The number of hydrogen-bond acceptors (Lipinski definition) is 5. The van der Waals surface area contributed by atoms with E-state index in [4.69, 9.17) is 4.74 Å². The van der Waals surface area contributed by atoms with Crippen LogP contribution in [0.3, 0.4) is 0 Å². The quantitative estimate of drug-likeness (QED) is 0.705. The summed E-state index contributed by atoms with van der Waals surface area (Å²) in [5, 5.41) is 6.23. The number of halogens is 3. The Kier molecular flexibility index (Phi) is 4.64. The van der Waals surface area contributed by atoms with Crippen molar-refractivity contribution >= 4 is 11.6 Å². The highest BCUT2D eigenvalue weighted by Gasteiger charge is 2.49. The van der Waals surface area contributed by atoms with Gasteiger partial charge in [-0.05, 0) is 37.8 Å². The molecule has 3 heterocycles. The van der Waals surface area contributed by atoms with Crippen LogP contribution in [0, 0.1) is 12.8 Å². The van der Waals surface area contributed by atoms with Crippen molar-refractivity contribution in [3.63, 3.8) is 0 Å². The Morgan fingerprint density at radius 1 is 1.31 bits per heavy atom. The number of pyridine rings is 1. The lowest BCUT2D eigenvalue weighted by Gasteiger charge is -2.20. The summed E-state index contributed by atoms with van der Waals surface area (Å²) in [6.07, 6.45) is -0.791. The predicted molar refractivity (Wildman–Crippen MR) is 97.5 cm³/mol. The molecule has 0 saturated heterocycles. The van der Waals surface area contributed by atoms with Crippen molar-refractivity contribution in [2.45, 2.75) is 32.0 Å². The number of nitrogens with one attached hydrogen (secondary N) is 1. The zero-order valence-corrected chi connectivity index (χ0v) is 15.7. The van der Waals surface area contributed by atoms with Crippen LogP contribution in [0.1, 0.15) is 28.9 Å². The molecule has 4 rings (SSSR count). The molecule has 10 heteroatoms. The fourth-order valence-electron chi connectivity index (χ4n) is 3.19. The highest BCUT2D eigenvalue weighted by atomic mass is 19.4. The lowest BCUT2D eigenvalue weighted by atomic mass is 10.1. The standard InChI is InChI=1S/C19H18F3N5O2/c1-10-7-14(12-5-6-15(29-2)23-8-12)25-17-13(9-24-27(10)17)18(28)26-16(11-3-4-11)19(20,21)22/h5-9,11,16H,3-4H2,1-2H3,(H,26,28). The van der Waals surface area contributed by atoms with E-state index < -0.39 is 24.0 Å². The van der Waals surface area contributed by atoms with Gasteiger partial charge in [0, 0.05) is 23.5 Å². The van der Waals surface area contributed by atoms with Crippen LogP contribution < -0.4 is 10.1 Å². The Bertz CT molecular complexity index is 1060. The van der Waals surface area contributed by atoms with E-state index in [-0.39, 0.29) is 11.2 Å². The normalized spacial score (nSPS) is 15.3. The molecule has 1 aliphatic carbocycles. The van der Waals surface area contributed by atoms with Crippen molar-refractivity contribution in [1.29, 1.82) is 0 Å². The van der Waals surface area contributed by atoms with Gasteiger partial charge < -0.3 is 10.1 Å². The monoisotopic (exact) mass is 405 g/mol. The Labute approximate surface area is 163 Å². The van der Waals surface area contributed by atoms with Crippen LogP contribution in [0.2, 0.25) is 0 Å². The Balaban J connectivity index is 1.69. The summed E-state index contributed by atoms with van der Waals surface area (Å²) in [7, 11) is 1.50. The number of ether oxygens (including phenoxy) is 1.